The summed E-state index contributed by atoms with van der Waals surface area (Å²) in [5.74, 6) is -0.0438. The molecular formula is C15H24O3. The van der Waals surface area contributed by atoms with E-state index in [0.717, 1.165) is 19.3 Å². The van der Waals surface area contributed by atoms with Crippen LogP contribution in [-0.4, -0.2) is 28.7 Å². The van der Waals surface area contributed by atoms with Crippen LogP contribution in [0.15, 0.2) is 23.3 Å². The summed E-state index contributed by atoms with van der Waals surface area (Å²) in [5, 5.41) is 20.2. The fourth-order valence-electron chi connectivity index (χ4n) is 3.07. The molecule has 2 rings (SSSR count). The number of fused-ring (bicyclic) bond motifs is 1. The molecule has 0 bridgehead atoms. The van der Waals surface area contributed by atoms with Crippen LogP contribution in [0.25, 0.3) is 0 Å². The zero-order valence-corrected chi connectivity index (χ0v) is 11.5. The molecule has 1 saturated heterocycles. The van der Waals surface area contributed by atoms with Crippen LogP contribution in [0.5, 0.6) is 0 Å². The lowest BCUT2D eigenvalue weighted by molar-refractivity contribution is -0.105. The van der Waals surface area contributed by atoms with E-state index >= 15 is 0 Å². The highest BCUT2D eigenvalue weighted by Gasteiger charge is 2.44. The molecule has 0 unspecified atom stereocenters. The predicted molar refractivity (Wildman–Crippen MR) is 70.9 cm³/mol. The monoisotopic (exact) mass is 252 g/mol. The SMILES string of the molecule is C/C1=C\[C@@H](O)[C@@H]2[C@H](C)[C@H](O)O[C@H]2C/C(C)=C/CC1. The Bertz CT molecular complexity index is 359. The van der Waals surface area contributed by atoms with Crippen molar-refractivity contribution in [3.8, 4) is 0 Å². The second-order valence-electron chi connectivity index (χ2n) is 5.80. The van der Waals surface area contributed by atoms with Crippen LogP contribution in [0.3, 0.4) is 0 Å². The van der Waals surface area contributed by atoms with Crippen LogP contribution in [0.4, 0.5) is 0 Å². The lowest BCUT2D eigenvalue weighted by Gasteiger charge is -2.25. The van der Waals surface area contributed by atoms with E-state index in [9.17, 15) is 10.2 Å². The van der Waals surface area contributed by atoms with E-state index in [1.54, 1.807) is 0 Å². The van der Waals surface area contributed by atoms with Crippen LogP contribution < -0.4 is 0 Å². The molecule has 1 heterocycles. The summed E-state index contributed by atoms with van der Waals surface area (Å²) in [6.45, 7) is 6.11. The summed E-state index contributed by atoms with van der Waals surface area (Å²) in [6.07, 6.45) is 5.62. The molecule has 2 N–H and O–H groups in total. The largest absolute Gasteiger partial charge is 0.389 e. The van der Waals surface area contributed by atoms with Crippen molar-refractivity contribution >= 4 is 0 Å². The highest BCUT2D eigenvalue weighted by atomic mass is 16.6. The first-order valence-electron chi connectivity index (χ1n) is 6.83. The zero-order chi connectivity index (χ0) is 13.3. The Hall–Kier alpha value is -0.640. The number of allylic oxidation sites excluding steroid dienone is 2. The average molecular weight is 252 g/mol. The van der Waals surface area contributed by atoms with E-state index in [1.807, 2.05) is 13.0 Å². The van der Waals surface area contributed by atoms with Crippen LogP contribution in [0, 0.1) is 11.8 Å². The standard InChI is InChI=1S/C15H24O3/c1-9-5-4-6-10(2)8-13-14(12(16)7-9)11(3)15(17)18-13/h6-7,11-17H,4-5,8H2,1-3H3/b9-7+,10-6+/t11-,12+,13-,14-,15+/m0/s1. The second-order valence-corrected chi connectivity index (χ2v) is 5.80. The fourth-order valence-corrected chi connectivity index (χ4v) is 3.07. The Balaban J connectivity index is 2.27. The number of hydrogen-bond donors (Lipinski definition) is 2. The van der Waals surface area contributed by atoms with Gasteiger partial charge in [0, 0.05) is 11.8 Å². The molecule has 102 valence electrons. The van der Waals surface area contributed by atoms with E-state index in [0.29, 0.717) is 0 Å². The maximum absolute atomic E-state index is 10.4. The minimum atomic E-state index is -0.753. The molecular weight excluding hydrogens is 228 g/mol. The summed E-state index contributed by atoms with van der Waals surface area (Å²) < 4.78 is 5.61. The lowest BCUT2D eigenvalue weighted by Crippen LogP contribution is -2.31. The summed E-state index contributed by atoms with van der Waals surface area (Å²) in [4.78, 5) is 0. The van der Waals surface area contributed by atoms with Gasteiger partial charge in [-0.3, -0.25) is 0 Å². The quantitative estimate of drug-likeness (QED) is 0.651. The van der Waals surface area contributed by atoms with E-state index in [4.69, 9.17) is 4.74 Å². The van der Waals surface area contributed by atoms with Gasteiger partial charge in [0.05, 0.1) is 12.2 Å². The fraction of sp³-hybridized carbons (Fsp3) is 0.733. The summed E-state index contributed by atoms with van der Waals surface area (Å²) in [5.41, 5.74) is 2.49. The number of aliphatic hydroxyl groups excluding tert-OH is 2. The van der Waals surface area contributed by atoms with Crippen molar-refractivity contribution in [3.05, 3.63) is 23.3 Å². The Kier molecular flexibility index (Phi) is 4.25. The molecule has 3 heteroatoms. The number of rotatable bonds is 0. The Morgan fingerprint density at radius 1 is 1.22 bits per heavy atom. The van der Waals surface area contributed by atoms with E-state index < -0.39 is 12.4 Å². The van der Waals surface area contributed by atoms with Crippen molar-refractivity contribution in [2.75, 3.05) is 0 Å². The van der Waals surface area contributed by atoms with Gasteiger partial charge in [0.15, 0.2) is 6.29 Å². The molecule has 0 amide bonds. The third kappa shape index (κ3) is 2.85. The molecule has 0 saturated carbocycles. The van der Waals surface area contributed by atoms with Gasteiger partial charge in [0.25, 0.3) is 0 Å². The third-order valence-corrected chi connectivity index (χ3v) is 4.20. The summed E-state index contributed by atoms with van der Waals surface area (Å²) in [7, 11) is 0. The number of ether oxygens (including phenoxy) is 1. The van der Waals surface area contributed by atoms with Crippen LogP contribution in [-0.2, 0) is 4.74 Å². The third-order valence-electron chi connectivity index (χ3n) is 4.20. The molecule has 0 aromatic rings. The first-order chi connectivity index (χ1) is 8.49. The van der Waals surface area contributed by atoms with Gasteiger partial charge in [-0.25, -0.2) is 0 Å². The predicted octanol–water partition coefficient (Wildman–Crippen LogP) is 2.39. The van der Waals surface area contributed by atoms with Crippen LogP contribution in [0.2, 0.25) is 0 Å². The topological polar surface area (TPSA) is 49.7 Å². The molecule has 18 heavy (non-hydrogen) atoms. The van der Waals surface area contributed by atoms with Crippen molar-refractivity contribution in [2.24, 2.45) is 11.8 Å². The number of aliphatic hydroxyl groups is 2. The van der Waals surface area contributed by atoms with E-state index in [1.165, 1.54) is 11.1 Å². The van der Waals surface area contributed by atoms with Crippen molar-refractivity contribution in [1.29, 1.82) is 0 Å². The Morgan fingerprint density at radius 2 is 1.94 bits per heavy atom. The molecule has 0 aromatic heterocycles. The minimum Gasteiger partial charge on any atom is -0.389 e. The first kappa shape index (κ1) is 13.8. The highest BCUT2D eigenvalue weighted by molar-refractivity contribution is 5.12. The van der Waals surface area contributed by atoms with E-state index in [2.05, 4.69) is 19.9 Å². The molecule has 0 radical (unpaired) electrons. The van der Waals surface area contributed by atoms with Gasteiger partial charge in [-0.1, -0.05) is 30.2 Å². The molecule has 5 atom stereocenters. The van der Waals surface area contributed by atoms with Gasteiger partial charge >= 0.3 is 0 Å². The maximum atomic E-state index is 10.4. The van der Waals surface area contributed by atoms with Gasteiger partial charge < -0.3 is 14.9 Å². The van der Waals surface area contributed by atoms with E-state index in [-0.39, 0.29) is 17.9 Å². The Morgan fingerprint density at radius 3 is 2.67 bits per heavy atom. The average Bonchev–Trinajstić information content (AvgIpc) is 2.53. The van der Waals surface area contributed by atoms with Crippen molar-refractivity contribution < 1.29 is 14.9 Å². The second kappa shape index (κ2) is 5.55. The van der Waals surface area contributed by atoms with Gasteiger partial charge in [-0.15, -0.1) is 0 Å². The summed E-state index contributed by atoms with van der Waals surface area (Å²) >= 11 is 0. The number of hydrogen-bond acceptors (Lipinski definition) is 3. The maximum Gasteiger partial charge on any atom is 0.157 e. The van der Waals surface area contributed by atoms with Crippen molar-refractivity contribution in [3.63, 3.8) is 0 Å². The summed E-state index contributed by atoms with van der Waals surface area (Å²) in [6, 6.07) is 0. The van der Waals surface area contributed by atoms with Gasteiger partial charge in [-0.2, -0.15) is 0 Å². The molecule has 0 spiro atoms. The van der Waals surface area contributed by atoms with Gasteiger partial charge in [0.1, 0.15) is 0 Å². The van der Waals surface area contributed by atoms with Crippen molar-refractivity contribution in [2.45, 2.75) is 58.5 Å². The zero-order valence-electron chi connectivity index (χ0n) is 11.5. The molecule has 3 nitrogen and oxygen atoms in total. The molecule has 1 fully saturated rings. The lowest BCUT2D eigenvalue weighted by atomic mass is 9.82. The first-order valence-corrected chi connectivity index (χ1v) is 6.83. The normalized spacial score (nSPS) is 47.7. The highest BCUT2D eigenvalue weighted by Crippen LogP contribution is 2.38. The molecule has 1 aliphatic carbocycles. The molecule has 2 aliphatic rings. The van der Waals surface area contributed by atoms with Gasteiger partial charge in [0.2, 0.25) is 0 Å². The smallest absolute Gasteiger partial charge is 0.157 e. The van der Waals surface area contributed by atoms with Gasteiger partial charge in [-0.05, 0) is 33.1 Å². The molecule has 1 aliphatic heterocycles. The van der Waals surface area contributed by atoms with Crippen LogP contribution >= 0.6 is 0 Å². The minimum absolute atomic E-state index is 0.0172. The molecule has 0 aromatic carbocycles. The van der Waals surface area contributed by atoms with Crippen LogP contribution in [0.1, 0.15) is 40.0 Å². The Labute approximate surface area is 109 Å². The van der Waals surface area contributed by atoms with Crippen molar-refractivity contribution in [1.82, 2.24) is 0 Å².